The summed E-state index contributed by atoms with van der Waals surface area (Å²) in [5.74, 6) is 1.31. The number of phenols is 1. The highest BCUT2D eigenvalue weighted by Gasteiger charge is 2.12. The summed E-state index contributed by atoms with van der Waals surface area (Å²) in [7, 11) is 1.50. The zero-order valence-corrected chi connectivity index (χ0v) is 13.7. The molecule has 130 valence electrons. The van der Waals surface area contributed by atoms with Gasteiger partial charge in [0.15, 0.2) is 24.1 Å². The fourth-order valence-corrected chi connectivity index (χ4v) is 2.36. The molecule has 0 spiro atoms. The Labute approximate surface area is 145 Å². The Bertz CT molecular complexity index is 796. The molecule has 2 aromatic carbocycles. The highest BCUT2D eigenvalue weighted by molar-refractivity contribution is 6.08. The average molecular weight is 342 g/mol. The van der Waals surface area contributed by atoms with Gasteiger partial charge in [-0.1, -0.05) is 12.1 Å². The smallest absolute Gasteiger partial charge is 0.189 e. The number of hydrogen-bond donors (Lipinski definition) is 1. The molecule has 0 amide bonds. The molecule has 3 rings (SSSR count). The molecule has 6 heteroatoms. The molecule has 1 heterocycles. The predicted molar refractivity (Wildman–Crippen MR) is 91.4 cm³/mol. The van der Waals surface area contributed by atoms with E-state index in [1.807, 2.05) is 6.07 Å². The minimum absolute atomic E-state index is 0.0662. The van der Waals surface area contributed by atoms with Gasteiger partial charge in [0.05, 0.1) is 5.56 Å². The molecule has 0 atom stereocenters. The van der Waals surface area contributed by atoms with Gasteiger partial charge in [-0.25, -0.2) is 0 Å². The second-order valence-corrected chi connectivity index (χ2v) is 5.33. The number of ketones is 1. The SMILES string of the molecule is COCOc1ccc(C(=O)/C=C/c2ccc3c(c2)OCCO3)c(O)c1. The summed E-state index contributed by atoms with van der Waals surface area (Å²) in [6.45, 7) is 1.10. The fraction of sp³-hybridized carbons (Fsp3) is 0.211. The van der Waals surface area contributed by atoms with Crippen molar-refractivity contribution in [3.05, 3.63) is 53.6 Å². The van der Waals surface area contributed by atoms with Crippen LogP contribution in [0.5, 0.6) is 23.0 Å². The molecule has 1 aliphatic heterocycles. The van der Waals surface area contributed by atoms with Crippen molar-refractivity contribution in [3.8, 4) is 23.0 Å². The van der Waals surface area contributed by atoms with Crippen molar-refractivity contribution in [3.63, 3.8) is 0 Å². The van der Waals surface area contributed by atoms with Crippen LogP contribution in [-0.4, -0.2) is 38.0 Å². The van der Waals surface area contributed by atoms with Crippen molar-refractivity contribution in [1.82, 2.24) is 0 Å². The van der Waals surface area contributed by atoms with Gasteiger partial charge in [0, 0.05) is 13.2 Å². The highest BCUT2D eigenvalue weighted by Crippen LogP contribution is 2.31. The third-order valence-corrected chi connectivity index (χ3v) is 3.57. The zero-order chi connectivity index (χ0) is 17.6. The minimum Gasteiger partial charge on any atom is -0.507 e. The molecule has 1 aliphatic rings. The number of benzene rings is 2. The van der Waals surface area contributed by atoms with Gasteiger partial charge in [-0.3, -0.25) is 4.79 Å². The summed E-state index contributed by atoms with van der Waals surface area (Å²) >= 11 is 0. The van der Waals surface area contributed by atoms with E-state index < -0.39 is 0 Å². The summed E-state index contributed by atoms with van der Waals surface area (Å²) in [4.78, 5) is 12.3. The molecule has 0 radical (unpaired) electrons. The lowest BCUT2D eigenvalue weighted by molar-refractivity contribution is 0.0510. The topological polar surface area (TPSA) is 74.2 Å². The molecular weight excluding hydrogens is 324 g/mol. The van der Waals surface area contributed by atoms with E-state index in [-0.39, 0.29) is 23.9 Å². The molecule has 0 fully saturated rings. The molecular formula is C19H18O6. The number of aromatic hydroxyl groups is 1. The van der Waals surface area contributed by atoms with Crippen molar-refractivity contribution >= 4 is 11.9 Å². The van der Waals surface area contributed by atoms with E-state index in [1.54, 1.807) is 24.3 Å². The normalized spacial score (nSPS) is 13.0. The molecule has 0 aliphatic carbocycles. The lowest BCUT2D eigenvalue weighted by Gasteiger charge is -2.18. The first-order chi connectivity index (χ1) is 12.2. The van der Waals surface area contributed by atoms with Crippen molar-refractivity contribution < 1.29 is 28.8 Å². The van der Waals surface area contributed by atoms with Crippen LogP contribution >= 0.6 is 0 Å². The van der Waals surface area contributed by atoms with Crippen LogP contribution in [0.3, 0.4) is 0 Å². The Morgan fingerprint density at radius 2 is 1.96 bits per heavy atom. The lowest BCUT2D eigenvalue weighted by Crippen LogP contribution is -2.15. The Kier molecular flexibility index (Phi) is 5.20. The fourth-order valence-electron chi connectivity index (χ4n) is 2.36. The largest absolute Gasteiger partial charge is 0.507 e. The number of allylic oxidation sites excluding steroid dienone is 1. The third-order valence-electron chi connectivity index (χ3n) is 3.57. The highest BCUT2D eigenvalue weighted by atomic mass is 16.7. The van der Waals surface area contributed by atoms with Crippen LogP contribution in [0.2, 0.25) is 0 Å². The minimum atomic E-state index is -0.314. The molecule has 6 nitrogen and oxygen atoms in total. The monoisotopic (exact) mass is 342 g/mol. The van der Waals surface area contributed by atoms with Gasteiger partial charge in [-0.05, 0) is 35.9 Å². The molecule has 0 aromatic heterocycles. The number of rotatable bonds is 6. The van der Waals surface area contributed by atoms with E-state index in [4.69, 9.17) is 18.9 Å². The summed E-state index contributed by atoms with van der Waals surface area (Å²) in [5.41, 5.74) is 0.996. The van der Waals surface area contributed by atoms with E-state index >= 15 is 0 Å². The maximum Gasteiger partial charge on any atom is 0.189 e. The summed E-state index contributed by atoms with van der Waals surface area (Å²) in [6, 6.07) is 9.93. The first kappa shape index (κ1) is 16.9. The molecule has 0 unspecified atom stereocenters. The number of methoxy groups -OCH3 is 1. The molecule has 2 aromatic rings. The van der Waals surface area contributed by atoms with E-state index in [0.29, 0.717) is 30.5 Å². The second-order valence-electron chi connectivity index (χ2n) is 5.33. The summed E-state index contributed by atoms with van der Waals surface area (Å²) in [5, 5.41) is 10.0. The van der Waals surface area contributed by atoms with Crippen LogP contribution in [0.4, 0.5) is 0 Å². The van der Waals surface area contributed by atoms with E-state index in [1.165, 1.54) is 25.3 Å². The van der Waals surface area contributed by atoms with E-state index in [2.05, 4.69) is 0 Å². The maximum absolute atomic E-state index is 12.3. The van der Waals surface area contributed by atoms with Crippen LogP contribution < -0.4 is 14.2 Å². The van der Waals surface area contributed by atoms with Crippen molar-refractivity contribution in [2.45, 2.75) is 0 Å². The third kappa shape index (κ3) is 4.10. The predicted octanol–water partition coefficient (Wildman–Crippen LogP) is 3.04. The zero-order valence-electron chi connectivity index (χ0n) is 13.7. The summed E-state index contributed by atoms with van der Waals surface area (Å²) in [6.07, 6.45) is 3.06. The average Bonchev–Trinajstić information content (AvgIpc) is 2.64. The molecule has 0 bridgehead atoms. The van der Waals surface area contributed by atoms with Gasteiger partial charge in [0.1, 0.15) is 24.7 Å². The Morgan fingerprint density at radius 1 is 1.16 bits per heavy atom. The second kappa shape index (κ2) is 7.72. The van der Waals surface area contributed by atoms with Crippen LogP contribution in [0.15, 0.2) is 42.5 Å². The quantitative estimate of drug-likeness (QED) is 0.494. The number of phenolic OH excluding ortho intramolecular Hbond substituents is 1. The van der Waals surface area contributed by atoms with Gasteiger partial charge >= 0.3 is 0 Å². The first-order valence-electron chi connectivity index (χ1n) is 7.74. The Morgan fingerprint density at radius 3 is 2.72 bits per heavy atom. The van der Waals surface area contributed by atoms with Gasteiger partial charge in [-0.2, -0.15) is 0 Å². The van der Waals surface area contributed by atoms with Gasteiger partial charge in [0.2, 0.25) is 0 Å². The maximum atomic E-state index is 12.3. The number of carbonyl (C=O) groups is 1. The molecule has 1 N–H and O–H groups in total. The lowest BCUT2D eigenvalue weighted by atomic mass is 10.1. The Hall–Kier alpha value is -2.99. The molecule has 0 saturated carbocycles. The van der Waals surface area contributed by atoms with Crippen LogP contribution in [0.1, 0.15) is 15.9 Å². The number of fused-ring (bicyclic) bond motifs is 1. The van der Waals surface area contributed by atoms with Gasteiger partial charge < -0.3 is 24.1 Å². The number of hydrogen-bond acceptors (Lipinski definition) is 6. The van der Waals surface area contributed by atoms with Crippen molar-refractivity contribution in [2.24, 2.45) is 0 Å². The van der Waals surface area contributed by atoms with Gasteiger partial charge in [0.25, 0.3) is 0 Å². The standard InChI is InChI=1S/C19H18O6/c1-22-12-25-14-4-5-15(17(21)11-14)16(20)6-2-13-3-7-18-19(10-13)24-9-8-23-18/h2-7,10-11,21H,8-9,12H2,1H3/b6-2+. The van der Waals surface area contributed by atoms with Crippen LogP contribution in [0.25, 0.3) is 6.08 Å². The first-order valence-corrected chi connectivity index (χ1v) is 7.74. The van der Waals surface area contributed by atoms with Gasteiger partial charge in [-0.15, -0.1) is 0 Å². The van der Waals surface area contributed by atoms with Crippen LogP contribution in [0, 0.1) is 0 Å². The molecule has 25 heavy (non-hydrogen) atoms. The van der Waals surface area contributed by atoms with E-state index in [0.717, 1.165) is 5.56 Å². The summed E-state index contributed by atoms with van der Waals surface area (Å²) < 4.78 is 21.0. The van der Waals surface area contributed by atoms with Crippen LogP contribution in [-0.2, 0) is 4.74 Å². The molecule has 0 saturated heterocycles. The number of ether oxygens (including phenoxy) is 4. The van der Waals surface area contributed by atoms with E-state index in [9.17, 15) is 9.90 Å². The number of carbonyl (C=O) groups excluding carboxylic acids is 1. The van der Waals surface area contributed by atoms with Crippen molar-refractivity contribution in [1.29, 1.82) is 0 Å². The van der Waals surface area contributed by atoms with Crippen molar-refractivity contribution in [2.75, 3.05) is 27.1 Å². The Balaban J connectivity index is 1.72.